The van der Waals surface area contributed by atoms with Crippen LogP contribution in [0.5, 0.6) is 0 Å². The van der Waals surface area contributed by atoms with E-state index in [2.05, 4.69) is 5.32 Å². The molecule has 0 fully saturated rings. The summed E-state index contributed by atoms with van der Waals surface area (Å²) < 4.78 is 86.4. The molecule has 0 amide bonds. The van der Waals surface area contributed by atoms with Crippen LogP contribution < -0.4 is 11.1 Å². The van der Waals surface area contributed by atoms with E-state index < -0.39 is 72.3 Å². The van der Waals surface area contributed by atoms with Gasteiger partial charge in [0.2, 0.25) is 0 Å². The van der Waals surface area contributed by atoms with Gasteiger partial charge in [-0.1, -0.05) is 24.3 Å². The molecule has 1 aliphatic rings. The van der Waals surface area contributed by atoms with Gasteiger partial charge in [0.25, 0.3) is 10.1 Å². The van der Waals surface area contributed by atoms with Crippen molar-refractivity contribution in [3.8, 4) is 0 Å². The van der Waals surface area contributed by atoms with Crippen LogP contribution in [-0.2, 0) is 16.3 Å². The van der Waals surface area contributed by atoms with Crippen LogP contribution in [-0.4, -0.2) is 54.1 Å². The number of halogens is 4. The molecule has 0 aromatic heterocycles. The molecule has 0 saturated carbocycles. The van der Waals surface area contributed by atoms with Gasteiger partial charge >= 0.3 is 35.7 Å². The molecule has 172 valence electrons. The van der Waals surface area contributed by atoms with Crippen LogP contribution >= 0.6 is 0 Å². The molecule has 4 N–H and O–H groups in total. The quantitative estimate of drug-likeness (QED) is 0.169. The fourth-order valence-corrected chi connectivity index (χ4v) is 4.23. The topological polar surface area (TPSA) is 127 Å². The fraction of sp³-hybridized carbons (Fsp3) is 0.0476. The number of hydrogen-bond acceptors (Lipinski definition) is 6. The van der Waals surface area contributed by atoms with Crippen molar-refractivity contribution in [1.29, 1.82) is 0 Å². The number of carbonyl (C=O) groups excluding carboxylic acids is 2. The van der Waals surface area contributed by atoms with Crippen LogP contribution in [0.25, 0.3) is 0 Å². The first kappa shape index (κ1) is 25.8. The fourth-order valence-electron chi connectivity index (χ4n) is 3.59. The summed E-state index contributed by atoms with van der Waals surface area (Å²) >= 11 is 0. The van der Waals surface area contributed by atoms with Crippen LogP contribution in [0.3, 0.4) is 0 Å². The van der Waals surface area contributed by atoms with Gasteiger partial charge in [-0.05, 0) is 24.3 Å². The van der Waals surface area contributed by atoms with Crippen LogP contribution in [0.4, 0.5) is 34.6 Å². The third kappa shape index (κ3) is 4.46. The summed E-state index contributed by atoms with van der Waals surface area (Å²) in [5.41, 5.74) is 1.70. The standard InChI is InChI=1S/C21H12F4N2O5S.Na.H/c22-10-5-9(21(23,24)25)6-11(7-10)27-14-8-15(33(30,31)32)18(26)17-16(14)19(28)12-3-1-2-4-13(12)20(17)29;;/h1-8,27H,26H2,(H,30,31,32);;. The Morgan fingerprint density at radius 2 is 1.47 bits per heavy atom. The third-order valence-electron chi connectivity index (χ3n) is 4.98. The van der Waals surface area contributed by atoms with Gasteiger partial charge in [-0.2, -0.15) is 21.6 Å². The molecule has 0 spiro atoms. The number of anilines is 3. The number of fused-ring (bicyclic) bond motifs is 2. The predicted molar refractivity (Wildman–Crippen MR) is 116 cm³/mol. The number of benzene rings is 3. The van der Waals surface area contributed by atoms with Gasteiger partial charge in [-0.25, -0.2) is 4.39 Å². The molecule has 13 heteroatoms. The molecular weight excluding hydrogens is 491 g/mol. The Bertz CT molecular complexity index is 1470. The van der Waals surface area contributed by atoms with Gasteiger partial charge in [0.05, 0.1) is 28.1 Å². The van der Waals surface area contributed by atoms with Crippen LogP contribution in [0.1, 0.15) is 37.4 Å². The number of hydrogen-bond donors (Lipinski definition) is 3. The van der Waals surface area contributed by atoms with Gasteiger partial charge in [-0.15, -0.1) is 0 Å². The van der Waals surface area contributed by atoms with E-state index in [1.165, 1.54) is 24.3 Å². The Morgan fingerprint density at radius 1 is 0.912 bits per heavy atom. The molecular formula is C21H13F4N2NaO5S. The molecule has 0 radical (unpaired) electrons. The van der Waals surface area contributed by atoms with Gasteiger partial charge in [0.15, 0.2) is 11.6 Å². The first-order chi connectivity index (χ1) is 15.3. The Hall–Kier alpha value is -2.77. The van der Waals surface area contributed by atoms with E-state index in [1.54, 1.807) is 0 Å². The van der Waals surface area contributed by atoms with Crippen molar-refractivity contribution in [2.24, 2.45) is 0 Å². The maximum absolute atomic E-state index is 13.9. The Labute approximate surface area is 212 Å². The molecule has 0 aliphatic heterocycles. The summed E-state index contributed by atoms with van der Waals surface area (Å²) in [5, 5.41) is 2.36. The Morgan fingerprint density at radius 3 is 2.00 bits per heavy atom. The van der Waals surface area contributed by atoms with E-state index >= 15 is 0 Å². The molecule has 4 rings (SSSR count). The van der Waals surface area contributed by atoms with E-state index in [1.807, 2.05) is 0 Å². The van der Waals surface area contributed by atoms with Crippen LogP contribution in [0.15, 0.2) is 53.4 Å². The molecule has 0 saturated heterocycles. The monoisotopic (exact) mass is 504 g/mol. The van der Waals surface area contributed by atoms with Crippen LogP contribution in [0, 0.1) is 5.82 Å². The summed E-state index contributed by atoms with van der Waals surface area (Å²) in [6.07, 6.45) is -4.90. The zero-order chi connectivity index (χ0) is 24.3. The van der Waals surface area contributed by atoms with Gasteiger partial charge in [-0.3, -0.25) is 14.1 Å². The molecule has 0 bridgehead atoms. The Kier molecular flexibility index (Phi) is 6.68. The van der Waals surface area contributed by atoms with E-state index in [9.17, 15) is 40.1 Å². The summed E-state index contributed by atoms with van der Waals surface area (Å²) in [7, 11) is -5.02. The number of nitrogen functional groups attached to an aromatic ring is 1. The zero-order valence-corrected chi connectivity index (χ0v) is 17.0. The SMILES string of the molecule is Nc1c(S(=O)(=O)O)cc(Nc2cc(F)cc(C(F)(F)F)c2)c2c1C(=O)c1ccccc1C2=O.[NaH]. The van der Waals surface area contributed by atoms with E-state index in [0.29, 0.717) is 18.2 Å². The number of nitrogens with two attached hydrogens (primary N) is 1. The van der Waals surface area contributed by atoms with Crippen molar-refractivity contribution in [1.82, 2.24) is 0 Å². The molecule has 0 unspecified atom stereocenters. The van der Waals surface area contributed by atoms with Crippen molar-refractivity contribution >= 4 is 68.3 Å². The first-order valence-electron chi connectivity index (χ1n) is 9.06. The molecule has 0 atom stereocenters. The number of nitrogens with one attached hydrogen (secondary N) is 1. The average molecular weight is 504 g/mol. The van der Waals surface area contributed by atoms with E-state index in [4.69, 9.17) is 5.73 Å². The molecule has 7 nitrogen and oxygen atoms in total. The first-order valence-corrected chi connectivity index (χ1v) is 10.5. The molecule has 3 aromatic rings. The van der Waals surface area contributed by atoms with Gasteiger partial charge in [0, 0.05) is 16.8 Å². The summed E-state index contributed by atoms with van der Waals surface area (Å²) in [6.45, 7) is 0. The predicted octanol–water partition coefficient (Wildman–Crippen LogP) is 3.54. The summed E-state index contributed by atoms with van der Waals surface area (Å²) in [5.74, 6) is -2.87. The second-order valence-corrected chi connectivity index (χ2v) is 8.51. The number of carbonyl (C=O) groups is 2. The second kappa shape index (κ2) is 8.78. The minimum atomic E-state index is -5.02. The molecule has 0 heterocycles. The number of alkyl halides is 3. The molecule has 3 aromatic carbocycles. The van der Waals surface area contributed by atoms with Crippen LogP contribution in [0.2, 0.25) is 0 Å². The zero-order valence-electron chi connectivity index (χ0n) is 16.2. The third-order valence-corrected chi connectivity index (χ3v) is 5.88. The van der Waals surface area contributed by atoms with Crippen molar-refractivity contribution in [3.63, 3.8) is 0 Å². The molecule has 34 heavy (non-hydrogen) atoms. The number of ketones is 2. The minimum absolute atomic E-state index is 0. The Balaban J connectivity index is 0.00000324. The van der Waals surface area contributed by atoms with Crippen molar-refractivity contribution in [3.05, 3.63) is 82.2 Å². The number of rotatable bonds is 3. The summed E-state index contributed by atoms with van der Waals surface area (Å²) in [6, 6.07) is 7.73. The van der Waals surface area contributed by atoms with Gasteiger partial charge in [0.1, 0.15) is 10.7 Å². The van der Waals surface area contributed by atoms with E-state index in [-0.39, 0.29) is 46.8 Å². The average Bonchev–Trinajstić information content (AvgIpc) is 2.71. The van der Waals surface area contributed by atoms with Crippen molar-refractivity contribution in [2.75, 3.05) is 11.1 Å². The molecule has 1 aliphatic carbocycles. The summed E-state index contributed by atoms with van der Waals surface area (Å²) in [4.78, 5) is 25.3. The van der Waals surface area contributed by atoms with Gasteiger partial charge < -0.3 is 11.1 Å². The second-order valence-electron chi connectivity index (χ2n) is 7.12. The maximum atomic E-state index is 13.9. The van der Waals surface area contributed by atoms with Crippen molar-refractivity contribution < 1.29 is 40.1 Å². The van der Waals surface area contributed by atoms with Crippen molar-refractivity contribution in [2.45, 2.75) is 11.1 Å². The normalized spacial score (nSPS) is 13.1. The van der Waals surface area contributed by atoms with E-state index in [0.717, 1.165) is 0 Å².